The first-order valence-corrected chi connectivity index (χ1v) is 13.5. The van der Waals surface area contributed by atoms with Gasteiger partial charge in [-0.1, -0.05) is 61.8 Å². The molecule has 0 aliphatic carbocycles. The molecule has 5 aromatic rings. The van der Waals surface area contributed by atoms with E-state index in [1.807, 2.05) is 78.9 Å². The number of ether oxygens (including phenoxy) is 3. The second kappa shape index (κ2) is 11.9. The van der Waals surface area contributed by atoms with Crippen LogP contribution in [0.4, 0.5) is 0 Å². The Bertz CT molecular complexity index is 1560. The summed E-state index contributed by atoms with van der Waals surface area (Å²) in [6.45, 7) is 3.82. The van der Waals surface area contributed by atoms with E-state index in [0.29, 0.717) is 22.7 Å². The minimum absolute atomic E-state index is 0.0438. The van der Waals surface area contributed by atoms with Crippen molar-refractivity contribution in [2.24, 2.45) is 0 Å². The van der Waals surface area contributed by atoms with Gasteiger partial charge in [-0.2, -0.15) is 0 Å². The van der Waals surface area contributed by atoms with E-state index in [9.17, 15) is 4.79 Å². The molecule has 0 bridgehead atoms. The quantitative estimate of drug-likeness (QED) is 0.195. The number of nitrogens with zero attached hydrogens (tertiary/aromatic N) is 2. The second-order valence-electron chi connectivity index (χ2n) is 8.78. The highest BCUT2D eigenvalue weighted by molar-refractivity contribution is 7.15. The standard InChI is InChI=1S/C30H30N2O4S/c1-2-3-4-7-18-34-24-14-16-25(17-15-24)36-20-19-35-23-12-10-22(11-13-23)21-28-29(33)32-27-9-6-5-8-26(27)31-30(32)37-28/h5-6,8-17,21H,2-4,7,18-20H2,1H3/b28-21-. The molecule has 2 heterocycles. The molecule has 0 radical (unpaired) electrons. The Morgan fingerprint density at radius 2 is 1.41 bits per heavy atom. The van der Waals surface area contributed by atoms with E-state index in [2.05, 4.69) is 11.9 Å². The number of unbranched alkanes of at least 4 members (excludes halogenated alkanes) is 3. The molecule has 2 aromatic heterocycles. The van der Waals surface area contributed by atoms with Crippen molar-refractivity contribution in [3.8, 4) is 17.2 Å². The van der Waals surface area contributed by atoms with E-state index in [-0.39, 0.29) is 5.56 Å². The Kier molecular flexibility index (Phi) is 8.01. The van der Waals surface area contributed by atoms with E-state index in [4.69, 9.17) is 14.2 Å². The van der Waals surface area contributed by atoms with Crippen molar-refractivity contribution in [2.75, 3.05) is 19.8 Å². The Morgan fingerprint density at radius 1 is 0.784 bits per heavy atom. The molecule has 0 spiro atoms. The fraction of sp³-hybridized carbons (Fsp3) is 0.267. The van der Waals surface area contributed by atoms with Crippen LogP contribution in [-0.4, -0.2) is 29.2 Å². The van der Waals surface area contributed by atoms with Gasteiger partial charge in [0.2, 0.25) is 0 Å². The van der Waals surface area contributed by atoms with Gasteiger partial charge in [-0.05, 0) is 66.6 Å². The van der Waals surface area contributed by atoms with Gasteiger partial charge in [-0.25, -0.2) is 9.38 Å². The summed E-state index contributed by atoms with van der Waals surface area (Å²) in [5.41, 5.74) is 2.56. The third-order valence-electron chi connectivity index (χ3n) is 6.03. The molecular formula is C30H30N2O4S. The molecule has 190 valence electrons. The fourth-order valence-corrected chi connectivity index (χ4v) is 5.08. The summed E-state index contributed by atoms with van der Waals surface area (Å²) in [5, 5.41) is 0. The van der Waals surface area contributed by atoms with Crippen molar-refractivity contribution >= 4 is 33.4 Å². The number of rotatable bonds is 12. The molecule has 0 aliphatic heterocycles. The summed E-state index contributed by atoms with van der Waals surface area (Å²) in [4.78, 5) is 18.2. The van der Waals surface area contributed by atoms with Crippen LogP contribution in [0, 0.1) is 0 Å². The number of fused-ring (bicyclic) bond motifs is 3. The highest BCUT2D eigenvalue weighted by atomic mass is 32.1. The molecule has 0 saturated heterocycles. The molecule has 0 N–H and O–H groups in total. The van der Waals surface area contributed by atoms with Gasteiger partial charge in [0.15, 0.2) is 4.96 Å². The van der Waals surface area contributed by atoms with Crippen LogP contribution in [0.3, 0.4) is 0 Å². The second-order valence-corrected chi connectivity index (χ2v) is 9.79. The van der Waals surface area contributed by atoms with Crippen molar-refractivity contribution in [1.29, 1.82) is 0 Å². The van der Waals surface area contributed by atoms with Crippen molar-refractivity contribution in [1.82, 2.24) is 9.38 Å². The first-order chi connectivity index (χ1) is 18.2. The lowest BCUT2D eigenvalue weighted by Crippen LogP contribution is -2.22. The highest BCUT2D eigenvalue weighted by Gasteiger charge is 2.10. The van der Waals surface area contributed by atoms with E-state index in [1.54, 1.807) is 4.40 Å². The van der Waals surface area contributed by atoms with Crippen molar-refractivity contribution < 1.29 is 14.2 Å². The van der Waals surface area contributed by atoms with Gasteiger partial charge < -0.3 is 14.2 Å². The summed E-state index contributed by atoms with van der Waals surface area (Å²) in [6, 6.07) is 23.1. The van der Waals surface area contributed by atoms with Crippen LogP contribution in [-0.2, 0) is 0 Å². The summed E-state index contributed by atoms with van der Waals surface area (Å²) >= 11 is 1.40. The number of imidazole rings is 1. The smallest absolute Gasteiger partial charge is 0.274 e. The summed E-state index contributed by atoms with van der Waals surface area (Å²) in [5.74, 6) is 2.41. The summed E-state index contributed by atoms with van der Waals surface area (Å²) in [6.07, 6.45) is 6.67. The Morgan fingerprint density at radius 3 is 2.08 bits per heavy atom. The lowest BCUT2D eigenvalue weighted by molar-refractivity contribution is 0.217. The molecule has 0 unspecified atom stereocenters. The summed E-state index contributed by atoms with van der Waals surface area (Å²) in [7, 11) is 0. The Balaban J connectivity index is 1.11. The number of aromatic nitrogens is 2. The molecule has 0 aliphatic rings. The van der Waals surface area contributed by atoms with Gasteiger partial charge in [0.05, 0.1) is 22.2 Å². The van der Waals surface area contributed by atoms with Gasteiger partial charge in [0, 0.05) is 0 Å². The average Bonchev–Trinajstić information content (AvgIpc) is 3.44. The van der Waals surface area contributed by atoms with Crippen LogP contribution in [0.15, 0.2) is 77.6 Å². The predicted octanol–water partition coefficient (Wildman–Crippen LogP) is 5.87. The predicted molar refractivity (Wildman–Crippen MR) is 149 cm³/mol. The zero-order valence-electron chi connectivity index (χ0n) is 20.9. The number of hydrogen-bond acceptors (Lipinski definition) is 6. The van der Waals surface area contributed by atoms with Crippen LogP contribution in [0.2, 0.25) is 0 Å². The zero-order chi connectivity index (χ0) is 25.5. The molecule has 3 aromatic carbocycles. The van der Waals surface area contributed by atoms with Crippen LogP contribution in [0.1, 0.15) is 38.2 Å². The number of thiazole rings is 1. The number of hydrogen-bond donors (Lipinski definition) is 0. The maximum absolute atomic E-state index is 12.9. The van der Waals surface area contributed by atoms with Crippen molar-refractivity contribution in [3.05, 3.63) is 93.2 Å². The van der Waals surface area contributed by atoms with Crippen molar-refractivity contribution in [3.63, 3.8) is 0 Å². The summed E-state index contributed by atoms with van der Waals surface area (Å²) < 4.78 is 19.7. The van der Waals surface area contributed by atoms with Crippen molar-refractivity contribution in [2.45, 2.75) is 32.6 Å². The average molecular weight is 515 g/mol. The van der Waals surface area contributed by atoms with Gasteiger partial charge in [0.25, 0.3) is 5.56 Å². The maximum Gasteiger partial charge on any atom is 0.274 e. The lowest BCUT2D eigenvalue weighted by atomic mass is 10.2. The molecule has 5 rings (SSSR count). The normalized spacial score (nSPS) is 11.9. The third-order valence-corrected chi connectivity index (χ3v) is 7.00. The topological polar surface area (TPSA) is 62.1 Å². The van der Waals surface area contributed by atoms with E-state index >= 15 is 0 Å². The maximum atomic E-state index is 12.9. The van der Waals surface area contributed by atoms with Gasteiger partial charge in [-0.3, -0.25) is 4.79 Å². The van der Waals surface area contributed by atoms with Crippen LogP contribution in [0.25, 0.3) is 22.1 Å². The largest absolute Gasteiger partial charge is 0.494 e. The van der Waals surface area contributed by atoms with E-state index < -0.39 is 0 Å². The van der Waals surface area contributed by atoms with Crippen LogP contribution < -0.4 is 24.3 Å². The molecule has 6 nitrogen and oxygen atoms in total. The first-order valence-electron chi connectivity index (χ1n) is 12.7. The molecule has 0 fully saturated rings. The number of para-hydroxylation sites is 2. The van der Waals surface area contributed by atoms with Gasteiger partial charge >= 0.3 is 0 Å². The van der Waals surface area contributed by atoms with Gasteiger partial charge in [0.1, 0.15) is 30.5 Å². The molecule has 7 heteroatoms. The SMILES string of the molecule is CCCCCCOc1ccc(OCCOc2ccc(/C=c3\sc4nc5ccccc5n4c3=O)cc2)cc1. The lowest BCUT2D eigenvalue weighted by Gasteiger charge is -2.10. The van der Waals surface area contributed by atoms with E-state index in [1.165, 1.54) is 30.6 Å². The molecule has 37 heavy (non-hydrogen) atoms. The van der Waals surface area contributed by atoms with E-state index in [0.717, 1.165) is 46.9 Å². The fourth-order valence-electron chi connectivity index (χ4n) is 4.09. The Hall–Kier alpha value is -3.84. The molecule has 0 saturated carbocycles. The van der Waals surface area contributed by atoms with Crippen LogP contribution in [0.5, 0.6) is 17.2 Å². The monoisotopic (exact) mass is 514 g/mol. The minimum atomic E-state index is -0.0438. The molecule has 0 atom stereocenters. The highest BCUT2D eigenvalue weighted by Crippen LogP contribution is 2.19. The minimum Gasteiger partial charge on any atom is -0.494 e. The first kappa shape index (κ1) is 24.8. The third kappa shape index (κ3) is 6.12. The molecular weight excluding hydrogens is 484 g/mol. The Labute approximate surface area is 219 Å². The van der Waals surface area contributed by atoms with Crippen LogP contribution >= 0.6 is 11.3 Å². The van der Waals surface area contributed by atoms with Gasteiger partial charge in [-0.15, -0.1) is 0 Å². The molecule has 0 amide bonds. The zero-order valence-corrected chi connectivity index (χ0v) is 21.7. The number of benzene rings is 3.